The predicted molar refractivity (Wildman–Crippen MR) is 179 cm³/mol. The van der Waals surface area contributed by atoms with Crippen molar-refractivity contribution in [2.45, 2.75) is 127 Å². The average molecular weight is 558 g/mol. The number of fused-ring (bicyclic) bond motifs is 1. The second-order valence-corrected chi connectivity index (χ2v) is 22.7. The molecule has 0 heterocycles. The molecule has 1 nitrogen and oxygen atoms in total. The maximum atomic E-state index is 4.26. The molecule has 0 radical (unpaired) electrons. The molecule has 3 unspecified atom stereocenters. The molecule has 39 heavy (non-hydrogen) atoms. The summed E-state index contributed by atoms with van der Waals surface area (Å²) in [6.45, 7) is 14.7. The summed E-state index contributed by atoms with van der Waals surface area (Å²) < 4.78 is 0. The van der Waals surface area contributed by atoms with E-state index in [0.717, 1.165) is 6.42 Å². The average Bonchev–Trinajstić information content (AvgIpc) is 3.67. The van der Waals surface area contributed by atoms with Crippen molar-refractivity contribution in [2.24, 2.45) is 0 Å². The van der Waals surface area contributed by atoms with Crippen LogP contribution in [-0.4, -0.2) is 21.8 Å². The lowest BCUT2D eigenvalue weighted by Crippen LogP contribution is -2.59. The molecule has 0 saturated carbocycles. The Morgan fingerprint density at radius 2 is 1.62 bits per heavy atom. The van der Waals surface area contributed by atoms with Gasteiger partial charge in [-0.1, -0.05) is 143 Å². The molecule has 0 spiro atoms. The molecular formula is C36H55NSi2. The molecule has 0 saturated heterocycles. The number of allylic oxidation sites excluding steroid dienone is 10. The van der Waals surface area contributed by atoms with E-state index < -0.39 is 16.3 Å². The normalized spacial score (nSPS) is 21.6. The van der Waals surface area contributed by atoms with Gasteiger partial charge in [-0.3, -0.25) is 0 Å². The van der Waals surface area contributed by atoms with Gasteiger partial charge in [-0.2, -0.15) is 0 Å². The van der Waals surface area contributed by atoms with Gasteiger partial charge in [-0.05, 0) is 68.3 Å². The van der Waals surface area contributed by atoms with Crippen LogP contribution in [0.1, 0.15) is 102 Å². The van der Waals surface area contributed by atoms with Gasteiger partial charge in [0.25, 0.3) is 0 Å². The molecular weight excluding hydrogens is 503 g/mol. The van der Waals surface area contributed by atoms with Gasteiger partial charge in [0.05, 0.1) is 8.07 Å². The molecule has 0 bridgehead atoms. The summed E-state index contributed by atoms with van der Waals surface area (Å²) in [7, 11) is -3.29. The number of benzene rings is 1. The highest BCUT2D eigenvalue weighted by molar-refractivity contribution is 6.88. The first kappa shape index (κ1) is 30.3. The molecule has 0 fully saturated rings. The van der Waals surface area contributed by atoms with E-state index in [1.807, 2.05) is 0 Å². The van der Waals surface area contributed by atoms with Crippen LogP contribution in [0, 0.1) is 0 Å². The summed E-state index contributed by atoms with van der Waals surface area (Å²) in [5.41, 5.74) is 6.18. The van der Waals surface area contributed by atoms with Crippen molar-refractivity contribution in [1.29, 1.82) is 0 Å². The fourth-order valence-electron chi connectivity index (χ4n) is 7.48. The Morgan fingerprint density at radius 3 is 2.28 bits per heavy atom. The lowest BCUT2D eigenvalue weighted by molar-refractivity contribution is 0.504. The van der Waals surface area contributed by atoms with E-state index in [1.165, 1.54) is 63.5 Å². The first-order valence-corrected chi connectivity index (χ1v) is 21.5. The highest BCUT2D eigenvalue weighted by atomic mass is 28.3. The Hall–Kier alpha value is -1.69. The summed E-state index contributed by atoms with van der Waals surface area (Å²) >= 11 is 0. The molecule has 3 aliphatic carbocycles. The molecule has 3 aliphatic rings. The Morgan fingerprint density at radius 1 is 0.897 bits per heavy atom. The maximum Gasteiger partial charge on any atom is 0.134 e. The van der Waals surface area contributed by atoms with Gasteiger partial charge in [0, 0.05) is 11.1 Å². The monoisotopic (exact) mass is 557 g/mol. The number of nitrogens with one attached hydrogen (secondary N) is 1. The zero-order valence-corrected chi connectivity index (χ0v) is 27.9. The first-order valence-electron chi connectivity index (χ1n) is 16.0. The van der Waals surface area contributed by atoms with E-state index in [2.05, 4.69) is 119 Å². The molecule has 1 aromatic rings. The van der Waals surface area contributed by atoms with Crippen molar-refractivity contribution in [1.82, 2.24) is 4.98 Å². The van der Waals surface area contributed by atoms with Crippen molar-refractivity contribution in [3.63, 3.8) is 0 Å². The van der Waals surface area contributed by atoms with E-state index in [1.54, 1.807) is 21.9 Å². The minimum atomic E-state index is -1.79. The summed E-state index contributed by atoms with van der Waals surface area (Å²) in [6.07, 6.45) is 31.3. The van der Waals surface area contributed by atoms with E-state index >= 15 is 0 Å². The molecule has 212 valence electrons. The molecule has 4 rings (SSSR count). The van der Waals surface area contributed by atoms with Crippen LogP contribution in [-0.2, 0) is 0 Å². The number of rotatable bonds is 15. The van der Waals surface area contributed by atoms with Crippen molar-refractivity contribution in [3.8, 4) is 0 Å². The summed E-state index contributed by atoms with van der Waals surface area (Å²) in [5.74, 6) is 0. The zero-order valence-electron chi connectivity index (χ0n) is 25.9. The molecule has 3 atom stereocenters. The van der Waals surface area contributed by atoms with Gasteiger partial charge in [-0.15, -0.1) is 0 Å². The summed E-state index contributed by atoms with van der Waals surface area (Å²) in [4.78, 5) is 4.26. The van der Waals surface area contributed by atoms with Crippen LogP contribution in [0.15, 0.2) is 78.1 Å². The van der Waals surface area contributed by atoms with Gasteiger partial charge < -0.3 is 4.98 Å². The second kappa shape index (κ2) is 13.3. The molecule has 1 aromatic carbocycles. The standard InChI is InChI=1S/C36H55NSi2/c1-7-8-11-20-30-29-35(34-26-17-16-25-33(30)34)39(6,37-36(2,3)4)28-19-10-9-18-27-38(5,31-21-12-13-22-31)32-23-14-15-24-32/h12-14,16-17,21-26,29,31,35,37H,7-11,15,18-20,27-28H2,1-6H3. The van der Waals surface area contributed by atoms with Crippen LogP contribution in [0.2, 0.25) is 30.7 Å². The van der Waals surface area contributed by atoms with Gasteiger partial charge in [0.1, 0.15) is 8.24 Å². The minimum Gasteiger partial charge on any atom is -0.332 e. The Kier molecular flexibility index (Phi) is 10.3. The quantitative estimate of drug-likeness (QED) is 0.167. The number of hydrogen-bond donors (Lipinski definition) is 1. The lowest BCUT2D eigenvalue weighted by Gasteiger charge is -2.40. The molecule has 0 aliphatic heterocycles. The number of unbranched alkanes of at least 4 members (excludes halogenated alkanes) is 5. The van der Waals surface area contributed by atoms with Crippen molar-refractivity contribution >= 4 is 21.9 Å². The van der Waals surface area contributed by atoms with Crippen LogP contribution in [0.5, 0.6) is 0 Å². The fraction of sp³-hybridized carbons (Fsp3) is 0.556. The summed E-state index contributed by atoms with van der Waals surface area (Å²) in [5, 5.41) is 1.69. The van der Waals surface area contributed by atoms with Crippen LogP contribution in [0.3, 0.4) is 0 Å². The van der Waals surface area contributed by atoms with E-state index in [4.69, 9.17) is 0 Å². The molecule has 1 N–H and O–H groups in total. The third kappa shape index (κ3) is 7.54. The van der Waals surface area contributed by atoms with Crippen LogP contribution in [0.25, 0.3) is 5.57 Å². The van der Waals surface area contributed by atoms with Crippen molar-refractivity contribution in [3.05, 3.63) is 89.2 Å². The largest absolute Gasteiger partial charge is 0.332 e. The van der Waals surface area contributed by atoms with Crippen molar-refractivity contribution < 1.29 is 0 Å². The predicted octanol–water partition coefficient (Wildman–Crippen LogP) is 10.8. The zero-order chi connectivity index (χ0) is 27.9. The van der Waals surface area contributed by atoms with Gasteiger partial charge in [0.15, 0.2) is 0 Å². The smallest absolute Gasteiger partial charge is 0.134 e. The van der Waals surface area contributed by atoms with Crippen LogP contribution < -0.4 is 4.98 Å². The Labute approximate surface area is 242 Å². The lowest BCUT2D eigenvalue weighted by atomic mass is 10.0. The number of hydrogen-bond acceptors (Lipinski definition) is 1. The van der Waals surface area contributed by atoms with Gasteiger partial charge in [-0.25, -0.2) is 0 Å². The topological polar surface area (TPSA) is 12.0 Å². The third-order valence-corrected chi connectivity index (χ3v) is 19.0. The SMILES string of the molecule is CCCCCC1=CC([Si](C)(CCCCCC[Si](C)(C2=CCC=C2)C2C=CC=C2)NC(C)(C)C)c2ccccc21. The molecule has 3 heteroatoms. The van der Waals surface area contributed by atoms with Crippen LogP contribution in [0.4, 0.5) is 0 Å². The highest BCUT2D eigenvalue weighted by Crippen LogP contribution is 2.45. The van der Waals surface area contributed by atoms with Gasteiger partial charge >= 0.3 is 0 Å². The van der Waals surface area contributed by atoms with Crippen molar-refractivity contribution in [2.75, 3.05) is 0 Å². The molecule has 0 aromatic heterocycles. The van der Waals surface area contributed by atoms with Gasteiger partial charge in [0.2, 0.25) is 0 Å². The first-order chi connectivity index (χ1) is 18.7. The Bertz CT molecular complexity index is 1110. The fourth-order valence-corrected chi connectivity index (χ4v) is 16.4. The van der Waals surface area contributed by atoms with E-state index in [9.17, 15) is 0 Å². The third-order valence-electron chi connectivity index (χ3n) is 9.46. The summed E-state index contributed by atoms with van der Waals surface area (Å²) in [6, 6.07) is 12.1. The second-order valence-electron chi connectivity index (χ2n) is 13.9. The van der Waals surface area contributed by atoms with E-state index in [-0.39, 0.29) is 5.54 Å². The van der Waals surface area contributed by atoms with E-state index in [0.29, 0.717) is 11.1 Å². The minimum absolute atomic E-state index is 0.146. The van der Waals surface area contributed by atoms with Crippen LogP contribution >= 0.6 is 0 Å². The maximum absolute atomic E-state index is 4.26. The Balaban J connectivity index is 1.39. The highest BCUT2D eigenvalue weighted by Gasteiger charge is 2.42. The molecule has 0 amide bonds.